The van der Waals surface area contributed by atoms with Gasteiger partial charge in [0.1, 0.15) is 0 Å². The summed E-state index contributed by atoms with van der Waals surface area (Å²) in [4.78, 5) is 14.1. The molecule has 1 aromatic rings. The van der Waals surface area contributed by atoms with E-state index in [1.807, 2.05) is 0 Å². The zero-order valence-corrected chi connectivity index (χ0v) is 11.6. The second-order valence-corrected chi connectivity index (χ2v) is 5.07. The third-order valence-corrected chi connectivity index (χ3v) is 3.74. The van der Waals surface area contributed by atoms with Gasteiger partial charge in [-0.2, -0.15) is 5.10 Å². The Balaban J connectivity index is 2.18. The molecular formula is C13H21N3O3. The highest BCUT2D eigenvalue weighted by Gasteiger charge is 2.23. The number of ether oxygens (including phenoxy) is 1. The first-order valence-electron chi connectivity index (χ1n) is 6.57. The largest absolute Gasteiger partial charge is 0.391 e. The van der Waals surface area contributed by atoms with Crippen molar-refractivity contribution in [2.75, 3.05) is 25.1 Å². The van der Waals surface area contributed by atoms with Crippen molar-refractivity contribution in [1.82, 2.24) is 9.78 Å². The smallest absolute Gasteiger partial charge is 0.269 e. The van der Waals surface area contributed by atoms with Crippen LogP contribution in [0.25, 0.3) is 0 Å². The molecule has 0 bridgehead atoms. The van der Waals surface area contributed by atoms with Crippen molar-refractivity contribution in [3.63, 3.8) is 0 Å². The van der Waals surface area contributed by atoms with Gasteiger partial charge in [0.05, 0.1) is 30.1 Å². The van der Waals surface area contributed by atoms with Gasteiger partial charge >= 0.3 is 0 Å². The van der Waals surface area contributed by atoms with Gasteiger partial charge in [-0.25, -0.2) is 4.68 Å². The molecule has 0 aliphatic carbocycles. The first-order valence-corrected chi connectivity index (χ1v) is 6.57. The quantitative estimate of drug-likeness (QED) is 0.856. The van der Waals surface area contributed by atoms with E-state index >= 15 is 0 Å². The zero-order valence-electron chi connectivity index (χ0n) is 11.6. The number of hydrogen-bond donors (Lipinski definition) is 1. The van der Waals surface area contributed by atoms with Gasteiger partial charge in [0.15, 0.2) is 0 Å². The van der Waals surface area contributed by atoms with E-state index in [1.54, 1.807) is 33.2 Å². The summed E-state index contributed by atoms with van der Waals surface area (Å²) in [6.07, 6.45) is 2.25. The van der Waals surface area contributed by atoms with Gasteiger partial charge in [-0.3, -0.25) is 4.79 Å². The van der Waals surface area contributed by atoms with Crippen molar-refractivity contribution in [1.29, 1.82) is 0 Å². The molecule has 0 spiro atoms. The molecule has 1 saturated heterocycles. The first kappa shape index (κ1) is 14.0. The van der Waals surface area contributed by atoms with E-state index in [4.69, 9.17) is 4.74 Å². The lowest BCUT2D eigenvalue weighted by Crippen LogP contribution is -2.32. The maximum absolute atomic E-state index is 12.0. The van der Waals surface area contributed by atoms with Crippen LogP contribution in [0.4, 0.5) is 5.69 Å². The summed E-state index contributed by atoms with van der Waals surface area (Å²) in [6.45, 7) is 5.08. The van der Waals surface area contributed by atoms with Crippen molar-refractivity contribution < 1.29 is 9.84 Å². The molecule has 2 rings (SSSR count). The van der Waals surface area contributed by atoms with Crippen LogP contribution in [0.2, 0.25) is 0 Å². The van der Waals surface area contributed by atoms with Crippen LogP contribution in [-0.4, -0.2) is 47.3 Å². The monoisotopic (exact) mass is 267 g/mol. The van der Waals surface area contributed by atoms with Crippen LogP contribution in [0.15, 0.2) is 17.1 Å². The molecule has 19 heavy (non-hydrogen) atoms. The van der Waals surface area contributed by atoms with Gasteiger partial charge in [-0.1, -0.05) is 0 Å². The Morgan fingerprint density at radius 1 is 1.53 bits per heavy atom. The number of methoxy groups -OCH3 is 1. The standard InChI is InChI=1S/C13H21N3O3/c1-9(10(2)17)16-13(18)6-11(7-14-16)15-5-4-12(8-15)19-3/h6-7,9-10,12,17H,4-5,8H2,1-3H3. The van der Waals surface area contributed by atoms with Crippen LogP contribution in [0.5, 0.6) is 0 Å². The molecule has 1 fully saturated rings. The minimum absolute atomic E-state index is 0.188. The lowest BCUT2D eigenvalue weighted by atomic mass is 10.2. The molecule has 2 heterocycles. The fourth-order valence-corrected chi connectivity index (χ4v) is 2.25. The Bertz CT molecular complexity index is 486. The van der Waals surface area contributed by atoms with Gasteiger partial charge in [0, 0.05) is 26.3 Å². The Hall–Kier alpha value is -1.40. The molecule has 0 amide bonds. The highest BCUT2D eigenvalue weighted by Crippen LogP contribution is 2.19. The van der Waals surface area contributed by atoms with Crippen LogP contribution in [-0.2, 0) is 4.74 Å². The normalized spacial score (nSPS) is 22.5. The summed E-state index contributed by atoms with van der Waals surface area (Å²) in [5, 5.41) is 13.7. The molecule has 1 N–H and O–H groups in total. The molecule has 6 nitrogen and oxygen atoms in total. The van der Waals surface area contributed by atoms with Crippen LogP contribution in [0.3, 0.4) is 0 Å². The third kappa shape index (κ3) is 2.96. The summed E-state index contributed by atoms with van der Waals surface area (Å²) in [5.41, 5.74) is 0.630. The minimum atomic E-state index is -0.610. The average Bonchev–Trinajstić information content (AvgIpc) is 2.86. The molecule has 1 aromatic heterocycles. The molecule has 3 unspecified atom stereocenters. The van der Waals surface area contributed by atoms with E-state index in [0.29, 0.717) is 0 Å². The Kier molecular flexibility index (Phi) is 4.21. The Labute approximate surface area is 112 Å². The predicted octanol–water partition coefficient (Wildman–Crippen LogP) is 0.410. The lowest BCUT2D eigenvalue weighted by molar-refractivity contribution is 0.121. The Morgan fingerprint density at radius 2 is 2.26 bits per heavy atom. The van der Waals surface area contributed by atoms with Crippen LogP contribution < -0.4 is 10.5 Å². The molecule has 3 atom stereocenters. The van der Waals surface area contributed by atoms with E-state index in [-0.39, 0.29) is 17.7 Å². The molecule has 106 valence electrons. The number of hydrogen-bond acceptors (Lipinski definition) is 5. The van der Waals surface area contributed by atoms with Gasteiger partial charge in [0.25, 0.3) is 5.56 Å². The Morgan fingerprint density at radius 3 is 2.79 bits per heavy atom. The van der Waals surface area contributed by atoms with Crippen molar-refractivity contribution in [3.8, 4) is 0 Å². The van der Waals surface area contributed by atoms with Gasteiger partial charge in [-0.05, 0) is 20.3 Å². The number of nitrogens with zero attached hydrogens (tertiary/aromatic N) is 3. The van der Waals surface area contributed by atoms with Crippen molar-refractivity contribution >= 4 is 5.69 Å². The van der Waals surface area contributed by atoms with Crippen molar-refractivity contribution in [2.45, 2.75) is 38.5 Å². The van der Waals surface area contributed by atoms with Crippen LogP contribution in [0.1, 0.15) is 26.3 Å². The van der Waals surface area contributed by atoms with Gasteiger partial charge in [0.2, 0.25) is 0 Å². The van der Waals surface area contributed by atoms with E-state index in [1.165, 1.54) is 4.68 Å². The molecule has 0 saturated carbocycles. The van der Waals surface area contributed by atoms with E-state index in [0.717, 1.165) is 25.2 Å². The summed E-state index contributed by atoms with van der Waals surface area (Å²) in [7, 11) is 1.70. The van der Waals surface area contributed by atoms with Gasteiger partial charge < -0.3 is 14.7 Å². The summed E-state index contributed by atoms with van der Waals surface area (Å²) >= 11 is 0. The summed E-state index contributed by atoms with van der Waals surface area (Å²) < 4.78 is 6.63. The SMILES string of the molecule is COC1CCN(c2cnn(C(C)C(C)O)c(=O)c2)C1. The van der Waals surface area contributed by atoms with Gasteiger partial charge in [-0.15, -0.1) is 0 Å². The molecule has 0 radical (unpaired) electrons. The lowest BCUT2D eigenvalue weighted by Gasteiger charge is -2.20. The second kappa shape index (κ2) is 5.71. The third-order valence-electron chi connectivity index (χ3n) is 3.74. The summed E-state index contributed by atoms with van der Waals surface area (Å²) in [6, 6.07) is 1.25. The molecule has 1 aliphatic rings. The topological polar surface area (TPSA) is 67.6 Å². The average molecular weight is 267 g/mol. The number of anilines is 1. The number of rotatable bonds is 4. The maximum atomic E-state index is 12.0. The highest BCUT2D eigenvalue weighted by molar-refractivity contribution is 5.44. The zero-order chi connectivity index (χ0) is 14.0. The molecule has 1 aliphatic heterocycles. The fraction of sp³-hybridized carbons (Fsp3) is 0.692. The van der Waals surface area contributed by atoms with Crippen molar-refractivity contribution in [2.24, 2.45) is 0 Å². The van der Waals surface area contributed by atoms with E-state index in [2.05, 4.69) is 10.00 Å². The number of aliphatic hydroxyl groups excluding tert-OH is 1. The number of aliphatic hydroxyl groups is 1. The molecule has 0 aromatic carbocycles. The van der Waals surface area contributed by atoms with E-state index in [9.17, 15) is 9.90 Å². The highest BCUT2D eigenvalue weighted by atomic mass is 16.5. The fourth-order valence-electron chi connectivity index (χ4n) is 2.25. The minimum Gasteiger partial charge on any atom is -0.391 e. The first-order chi connectivity index (χ1) is 9.02. The predicted molar refractivity (Wildman–Crippen MR) is 72.5 cm³/mol. The number of aromatic nitrogens is 2. The molecule has 6 heteroatoms. The maximum Gasteiger partial charge on any atom is 0.269 e. The van der Waals surface area contributed by atoms with Crippen LogP contribution in [0, 0.1) is 0 Å². The van der Waals surface area contributed by atoms with Crippen LogP contribution >= 0.6 is 0 Å². The second-order valence-electron chi connectivity index (χ2n) is 5.07. The molecular weight excluding hydrogens is 246 g/mol. The summed E-state index contributed by atoms with van der Waals surface area (Å²) in [5.74, 6) is 0. The van der Waals surface area contributed by atoms with E-state index < -0.39 is 6.10 Å². The van der Waals surface area contributed by atoms with Crippen molar-refractivity contribution in [3.05, 3.63) is 22.6 Å².